The van der Waals surface area contributed by atoms with Crippen molar-refractivity contribution in [1.29, 1.82) is 0 Å². The number of hydrogen-bond acceptors (Lipinski definition) is 2. The average Bonchev–Trinajstić information content (AvgIpc) is 1.96. The first-order valence-corrected chi connectivity index (χ1v) is 4.02. The summed E-state index contributed by atoms with van der Waals surface area (Å²) in [6.07, 6.45) is 1.83. The fraction of sp³-hybridized carbons (Fsp3) is 0.444. The molecule has 3 heteroatoms. The highest BCUT2D eigenvalue weighted by atomic mass is 16.1. The van der Waals surface area contributed by atoms with E-state index in [0.29, 0.717) is 6.54 Å². The zero-order chi connectivity index (χ0) is 9.14. The summed E-state index contributed by atoms with van der Waals surface area (Å²) in [6, 6.07) is 3.39. The van der Waals surface area contributed by atoms with Crippen molar-refractivity contribution in [1.82, 2.24) is 4.57 Å². The van der Waals surface area contributed by atoms with E-state index in [1.807, 2.05) is 20.0 Å². The Morgan fingerprint density at radius 1 is 1.58 bits per heavy atom. The smallest absolute Gasteiger partial charge is 0.250 e. The van der Waals surface area contributed by atoms with Crippen LogP contribution < -0.4 is 11.3 Å². The van der Waals surface area contributed by atoms with E-state index in [-0.39, 0.29) is 11.6 Å². The van der Waals surface area contributed by atoms with Crippen molar-refractivity contribution >= 4 is 0 Å². The Morgan fingerprint density at radius 3 is 2.83 bits per heavy atom. The van der Waals surface area contributed by atoms with E-state index >= 15 is 0 Å². The third-order valence-electron chi connectivity index (χ3n) is 1.62. The third-order valence-corrected chi connectivity index (χ3v) is 1.62. The van der Waals surface area contributed by atoms with E-state index in [4.69, 9.17) is 5.73 Å². The van der Waals surface area contributed by atoms with Crippen LogP contribution in [0.1, 0.15) is 12.5 Å². The number of aryl methyl sites for hydroxylation is 1. The van der Waals surface area contributed by atoms with Crippen LogP contribution in [-0.2, 0) is 6.54 Å². The monoisotopic (exact) mass is 166 g/mol. The lowest BCUT2D eigenvalue weighted by molar-refractivity contribution is 0.572. The Labute approximate surface area is 71.8 Å². The van der Waals surface area contributed by atoms with E-state index in [1.165, 1.54) is 0 Å². The Bertz CT molecular complexity index is 315. The van der Waals surface area contributed by atoms with Crippen LogP contribution in [0.5, 0.6) is 0 Å². The molecule has 0 amide bonds. The molecular formula is C9H14N2O. The van der Waals surface area contributed by atoms with Gasteiger partial charge in [0.1, 0.15) is 0 Å². The Morgan fingerprint density at radius 2 is 2.25 bits per heavy atom. The van der Waals surface area contributed by atoms with Gasteiger partial charge in [-0.15, -0.1) is 0 Å². The molecule has 1 atom stereocenters. The normalized spacial score (nSPS) is 12.9. The first-order chi connectivity index (χ1) is 5.59. The number of rotatable bonds is 2. The molecule has 0 aromatic carbocycles. The third kappa shape index (κ3) is 2.20. The molecule has 12 heavy (non-hydrogen) atoms. The highest BCUT2D eigenvalue weighted by Crippen LogP contribution is 1.92. The van der Waals surface area contributed by atoms with Gasteiger partial charge in [-0.05, 0) is 19.4 Å². The largest absolute Gasteiger partial charge is 0.326 e. The second-order valence-electron chi connectivity index (χ2n) is 3.17. The SMILES string of the molecule is Cc1ccc(=O)n(CC(C)N)c1. The van der Waals surface area contributed by atoms with E-state index in [0.717, 1.165) is 5.56 Å². The maximum absolute atomic E-state index is 11.2. The molecule has 0 saturated carbocycles. The zero-order valence-electron chi connectivity index (χ0n) is 7.45. The molecule has 66 valence electrons. The van der Waals surface area contributed by atoms with Crippen molar-refractivity contribution in [3.63, 3.8) is 0 Å². The lowest BCUT2D eigenvalue weighted by Crippen LogP contribution is -2.29. The number of aromatic nitrogens is 1. The second-order valence-corrected chi connectivity index (χ2v) is 3.17. The Kier molecular flexibility index (Phi) is 2.65. The predicted molar refractivity (Wildman–Crippen MR) is 49.1 cm³/mol. The molecule has 0 fully saturated rings. The van der Waals surface area contributed by atoms with Crippen LogP contribution in [-0.4, -0.2) is 10.6 Å². The van der Waals surface area contributed by atoms with Gasteiger partial charge in [-0.25, -0.2) is 0 Å². The fourth-order valence-corrected chi connectivity index (χ4v) is 1.10. The van der Waals surface area contributed by atoms with Crippen molar-refractivity contribution in [3.05, 3.63) is 34.2 Å². The van der Waals surface area contributed by atoms with Crippen molar-refractivity contribution in [2.24, 2.45) is 5.73 Å². The second kappa shape index (κ2) is 3.54. The van der Waals surface area contributed by atoms with Gasteiger partial charge in [0.2, 0.25) is 0 Å². The summed E-state index contributed by atoms with van der Waals surface area (Å²) >= 11 is 0. The van der Waals surface area contributed by atoms with Gasteiger partial charge in [0.05, 0.1) is 0 Å². The highest BCUT2D eigenvalue weighted by molar-refractivity contribution is 5.07. The minimum absolute atomic E-state index is 0.0119. The summed E-state index contributed by atoms with van der Waals surface area (Å²) in [5, 5.41) is 0. The molecule has 0 aliphatic carbocycles. The highest BCUT2D eigenvalue weighted by Gasteiger charge is 1.98. The molecule has 3 nitrogen and oxygen atoms in total. The van der Waals surface area contributed by atoms with Crippen LogP contribution in [0.2, 0.25) is 0 Å². The lowest BCUT2D eigenvalue weighted by Gasteiger charge is -2.08. The molecule has 1 heterocycles. The van der Waals surface area contributed by atoms with Crippen molar-refractivity contribution < 1.29 is 0 Å². The number of pyridine rings is 1. The molecule has 0 aliphatic rings. The summed E-state index contributed by atoms with van der Waals surface area (Å²) in [5.74, 6) is 0. The standard InChI is InChI=1S/C9H14N2O/c1-7-3-4-9(12)11(5-7)6-8(2)10/h3-5,8H,6,10H2,1-2H3. The molecule has 1 unspecified atom stereocenters. The number of nitrogens with two attached hydrogens (primary N) is 1. The van der Waals surface area contributed by atoms with Gasteiger partial charge in [-0.1, -0.05) is 6.07 Å². The van der Waals surface area contributed by atoms with Crippen LogP contribution in [0.4, 0.5) is 0 Å². The number of nitrogens with zero attached hydrogens (tertiary/aromatic N) is 1. The molecule has 0 aliphatic heterocycles. The molecule has 0 bridgehead atoms. The summed E-state index contributed by atoms with van der Waals surface area (Å²) < 4.78 is 1.64. The molecule has 1 aromatic heterocycles. The van der Waals surface area contributed by atoms with Gasteiger partial charge in [0.25, 0.3) is 5.56 Å². The van der Waals surface area contributed by atoms with Gasteiger partial charge < -0.3 is 10.3 Å². The molecule has 0 saturated heterocycles. The average molecular weight is 166 g/mol. The van der Waals surface area contributed by atoms with Crippen molar-refractivity contribution in [2.45, 2.75) is 26.4 Å². The lowest BCUT2D eigenvalue weighted by atomic mass is 10.3. The number of hydrogen-bond donors (Lipinski definition) is 1. The molecule has 0 spiro atoms. The van der Waals surface area contributed by atoms with E-state index in [1.54, 1.807) is 16.7 Å². The molecular weight excluding hydrogens is 152 g/mol. The first-order valence-electron chi connectivity index (χ1n) is 4.02. The van der Waals surface area contributed by atoms with Crippen LogP contribution >= 0.6 is 0 Å². The Hall–Kier alpha value is -1.09. The minimum atomic E-state index is 0.0119. The van der Waals surface area contributed by atoms with Crippen molar-refractivity contribution in [3.8, 4) is 0 Å². The van der Waals surface area contributed by atoms with Gasteiger partial charge in [-0.3, -0.25) is 4.79 Å². The summed E-state index contributed by atoms with van der Waals surface area (Å²) in [4.78, 5) is 11.2. The topological polar surface area (TPSA) is 48.0 Å². The summed E-state index contributed by atoms with van der Waals surface area (Å²) in [7, 11) is 0. The van der Waals surface area contributed by atoms with Crippen LogP contribution in [0.25, 0.3) is 0 Å². The molecule has 1 rings (SSSR count). The van der Waals surface area contributed by atoms with Gasteiger partial charge in [0.15, 0.2) is 0 Å². The molecule has 2 N–H and O–H groups in total. The Balaban J connectivity index is 2.98. The fourth-order valence-electron chi connectivity index (χ4n) is 1.10. The zero-order valence-corrected chi connectivity index (χ0v) is 7.45. The van der Waals surface area contributed by atoms with Gasteiger partial charge >= 0.3 is 0 Å². The maximum atomic E-state index is 11.2. The first kappa shape index (κ1) is 9.00. The van der Waals surface area contributed by atoms with E-state index in [9.17, 15) is 4.79 Å². The van der Waals surface area contributed by atoms with Crippen LogP contribution in [0, 0.1) is 6.92 Å². The molecule has 1 aromatic rings. The van der Waals surface area contributed by atoms with E-state index < -0.39 is 0 Å². The minimum Gasteiger partial charge on any atom is -0.326 e. The summed E-state index contributed by atoms with van der Waals surface area (Å²) in [6.45, 7) is 4.42. The summed E-state index contributed by atoms with van der Waals surface area (Å²) in [5.41, 5.74) is 6.67. The van der Waals surface area contributed by atoms with E-state index in [2.05, 4.69) is 0 Å². The quantitative estimate of drug-likeness (QED) is 0.695. The van der Waals surface area contributed by atoms with Gasteiger partial charge in [-0.2, -0.15) is 0 Å². The van der Waals surface area contributed by atoms with Crippen LogP contribution in [0.15, 0.2) is 23.1 Å². The molecule has 0 radical (unpaired) electrons. The maximum Gasteiger partial charge on any atom is 0.250 e. The predicted octanol–water partition coefficient (Wildman–Crippen LogP) is 0.504. The van der Waals surface area contributed by atoms with Crippen molar-refractivity contribution in [2.75, 3.05) is 0 Å². The van der Waals surface area contributed by atoms with Gasteiger partial charge in [0, 0.05) is 24.8 Å². The van der Waals surface area contributed by atoms with Crippen LogP contribution in [0.3, 0.4) is 0 Å².